The van der Waals surface area contributed by atoms with Crippen LogP contribution in [0.4, 0.5) is 10.1 Å². The first-order valence-electron chi connectivity index (χ1n) is 9.15. The van der Waals surface area contributed by atoms with Crippen molar-refractivity contribution in [3.63, 3.8) is 0 Å². The summed E-state index contributed by atoms with van der Waals surface area (Å²) in [6.07, 6.45) is 5.12. The molecule has 2 aliphatic rings. The van der Waals surface area contributed by atoms with Crippen molar-refractivity contribution in [2.24, 2.45) is 0 Å². The number of halogens is 1. The maximum Gasteiger partial charge on any atom is 0.146 e. The molecular weight excluding hydrogens is 307 g/mol. The molecule has 2 fully saturated rings. The third kappa shape index (κ3) is 4.26. The highest BCUT2D eigenvalue weighted by Gasteiger charge is 2.29. The Morgan fingerprint density at radius 2 is 1.96 bits per heavy atom. The minimum atomic E-state index is -0.598. The summed E-state index contributed by atoms with van der Waals surface area (Å²) in [5.41, 5.74) is 0.975. The van der Waals surface area contributed by atoms with Gasteiger partial charge in [0.15, 0.2) is 0 Å². The molecule has 1 aromatic carbocycles. The number of morpholine rings is 1. The summed E-state index contributed by atoms with van der Waals surface area (Å²) in [4.78, 5) is 2.03. The van der Waals surface area contributed by atoms with Crippen LogP contribution < -0.4 is 10.2 Å². The molecule has 1 heterocycles. The van der Waals surface area contributed by atoms with Gasteiger partial charge in [-0.25, -0.2) is 4.39 Å². The van der Waals surface area contributed by atoms with Gasteiger partial charge in [0.2, 0.25) is 0 Å². The van der Waals surface area contributed by atoms with Crippen molar-refractivity contribution < 1.29 is 14.2 Å². The molecule has 0 aromatic heterocycles. The van der Waals surface area contributed by atoms with Gasteiger partial charge >= 0.3 is 0 Å². The maximum atomic E-state index is 14.5. The summed E-state index contributed by atoms with van der Waals surface area (Å²) in [7, 11) is 0. The zero-order valence-corrected chi connectivity index (χ0v) is 14.6. The van der Waals surface area contributed by atoms with E-state index in [1.165, 1.54) is 6.42 Å². The second-order valence-electron chi connectivity index (χ2n) is 7.20. The maximum absolute atomic E-state index is 14.5. The van der Waals surface area contributed by atoms with Crippen LogP contribution in [-0.4, -0.2) is 43.6 Å². The summed E-state index contributed by atoms with van der Waals surface area (Å²) in [6.45, 7) is 5.36. The molecule has 0 radical (unpaired) electrons. The fourth-order valence-corrected chi connectivity index (χ4v) is 3.70. The standard InChI is InChI=1S/C19H29FN2O2/c1-15(21-14-19(23)7-3-2-4-8-19)16-5-6-18(17(20)13-16)22-9-11-24-12-10-22/h5-6,13,15,21,23H,2-4,7-12,14H2,1H3. The van der Waals surface area contributed by atoms with E-state index in [0.717, 1.165) is 44.3 Å². The molecule has 134 valence electrons. The molecule has 1 saturated carbocycles. The third-order valence-electron chi connectivity index (χ3n) is 5.35. The Hall–Kier alpha value is -1.17. The minimum absolute atomic E-state index is 0.0178. The first-order chi connectivity index (χ1) is 11.6. The van der Waals surface area contributed by atoms with E-state index in [9.17, 15) is 9.50 Å². The average Bonchev–Trinajstić information content (AvgIpc) is 2.61. The van der Waals surface area contributed by atoms with Crippen LogP contribution in [0.25, 0.3) is 0 Å². The lowest BCUT2D eigenvalue weighted by atomic mass is 9.84. The van der Waals surface area contributed by atoms with E-state index in [2.05, 4.69) is 5.32 Å². The van der Waals surface area contributed by atoms with Crippen molar-refractivity contribution in [2.75, 3.05) is 37.7 Å². The number of hydrogen-bond donors (Lipinski definition) is 2. The number of aliphatic hydroxyl groups is 1. The number of hydrogen-bond acceptors (Lipinski definition) is 4. The number of rotatable bonds is 5. The lowest BCUT2D eigenvalue weighted by molar-refractivity contribution is 0.00300. The molecule has 1 saturated heterocycles. The molecule has 24 heavy (non-hydrogen) atoms. The number of ether oxygens (including phenoxy) is 1. The Morgan fingerprint density at radius 3 is 2.62 bits per heavy atom. The van der Waals surface area contributed by atoms with Gasteiger partial charge in [-0.05, 0) is 37.5 Å². The van der Waals surface area contributed by atoms with Gasteiger partial charge in [-0.1, -0.05) is 25.3 Å². The van der Waals surface area contributed by atoms with E-state index in [4.69, 9.17) is 4.74 Å². The van der Waals surface area contributed by atoms with Gasteiger partial charge in [0.1, 0.15) is 5.82 Å². The van der Waals surface area contributed by atoms with Crippen molar-refractivity contribution in [3.8, 4) is 0 Å². The van der Waals surface area contributed by atoms with Crippen LogP contribution in [0.5, 0.6) is 0 Å². The molecule has 1 atom stereocenters. The van der Waals surface area contributed by atoms with Gasteiger partial charge in [0, 0.05) is 25.7 Å². The van der Waals surface area contributed by atoms with E-state index in [1.54, 1.807) is 6.07 Å². The Morgan fingerprint density at radius 1 is 1.25 bits per heavy atom. The van der Waals surface area contributed by atoms with E-state index in [0.29, 0.717) is 25.4 Å². The van der Waals surface area contributed by atoms with Crippen LogP contribution in [0.3, 0.4) is 0 Å². The Labute approximate surface area is 144 Å². The van der Waals surface area contributed by atoms with Crippen molar-refractivity contribution >= 4 is 5.69 Å². The van der Waals surface area contributed by atoms with E-state index in [-0.39, 0.29) is 11.9 Å². The van der Waals surface area contributed by atoms with Crippen molar-refractivity contribution in [2.45, 2.75) is 50.7 Å². The lowest BCUT2D eigenvalue weighted by Gasteiger charge is -2.33. The molecule has 0 spiro atoms. The summed E-state index contributed by atoms with van der Waals surface area (Å²) >= 11 is 0. The average molecular weight is 336 g/mol. The fraction of sp³-hybridized carbons (Fsp3) is 0.684. The van der Waals surface area contributed by atoms with Gasteiger partial charge in [-0.15, -0.1) is 0 Å². The lowest BCUT2D eigenvalue weighted by Crippen LogP contribution is -2.42. The number of nitrogens with zero attached hydrogens (tertiary/aromatic N) is 1. The molecule has 1 aliphatic carbocycles. The molecule has 5 heteroatoms. The van der Waals surface area contributed by atoms with Gasteiger partial charge in [-0.3, -0.25) is 0 Å². The summed E-state index contributed by atoms with van der Waals surface area (Å²) < 4.78 is 19.8. The number of anilines is 1. The van der Waals surface area contributed by atoms with E-state index in [1.807, 2.05) is 24.0 Å². The normalized spacial score (nSPS) is 22.4. The molecule has 4 nitrogen and oxygen atoms in total. The Bertz CT molecular complexity index is 540. The topological polar surface area (TPSA) is 44.7 Å². The van der Waals surface area contributed by atoms with Crippen LogP contribution in [-0.2, 0) is 4.74 Å². The second-order valence-corrected chi connectivity index (χ2v) is 7.20. The first kappa shape index (κ1) is 17.6. The molecular formula is C19H29FN2O2. The van der Waals surface area contributed by atoms with Crippen LogP contribution in [0.1, 0.15) is 50.6 Å². The predicted octanol–water partition coefficient (Wildman–Crippen LogP) is 3.01. The van der Waals surface area contributed by atoms with Crippen molar-refractivity contribution in [1.82, 2.24) is 5.32 Å². The smallest absolute Gasteiger partial charge is 0.146 e. The summed E-state index contributed by atoms with van der Waals surface area (Å²) in [5, 5.41) is 14.0. The van der Waals surface area contributed by atoms with E-state index >= 15 is 0 Å². The molecule has 1 aromatic rings. The quantitative estimate of drug-likeness (QED) is 0.868. The zero-order chi connectivity index (χ0) is 17.0. The number of nitrogens with one attached hydrogen (secondary N) is 1. The van der Waals surface area contributed by atoms with Gasteiger partial charge < -0.3 is 20.1 Å². The van der Waals surface area contributed by atoms with Gasteiger partial charge in [0.25, 0.3) is 0 Å². The highest BCUT2D eigenvalue weighted by Crippen LogP contribution is 2.29. The fourth-order valence-electron chi connectivity index (χ4n) is 3.70. The minimum Gasteiger partial charge on any atom is -0.389 e. The van der Waals surface area contributed by atoms with Crippen LogP contribution >= 0.6 is 0 Å². The molecule has 2 N–H and O–H groups in total. The predicted molar refractivity (Wildman–Crippen MR) is 93.9 cm³/mol. The van der Waals surface area contributed by atoms with Crippen LogP contribution in [0.15, 0.2) is 18.2 Å². The van der Waals surface area contributed by atoms with Crippen LogP contribution in [0.2, 0.25) is 0 Å². The molecule has 3 rings (SSSR count). The van der Waals surface area contributed by atoms with Gasteiger partial charge in [0.05, 0.1) is 24.5 Å². The van der Waals surface area contributed by atoms with Gasteiger partial charge in [-0.2, -0.15) is 0 Å². The highest BCUT2D eigenvalue weighted by atomic mass is 19.1. The Balaban J connectivity index is 1.60. The zero-order valence-electron chi connectivity index (χ0n) is 14.6. The second kappa shape index (κ2) is 7.81. The highest BCUT2D eigenvalue weighted by molar-refractivity contribution is 5.49. The molecule has 0 amide bonds. The summed E-state index contributed by atoms with van der Waals surface area (Å²) in [5.74, 6) is -0.181. The molecule has 0 bridgehead atoms. The van der Waals surface area contributed by atoms with Crippen LogP contribution in [0, 0.1) is 5.82 Å². The van der Waals surface area contributed by atoms with E-state index < -0.39 is 5.60 Å². The van der Waals surface area contributed by atoms with Crippen molar-refractivity contribution in [1.29, 1.82) is 0 Å². The number of benzene rings is 1. The SMILES string of the molecule is CC(NCC1(O)CCCCC1)c1ccc(N2CCOCC2)c(F)c1. The third-order valence-corrected chi connectivity index (χ3v) is 5.35. The largest absolute Gasteiger partial charge is 0.389 e. The monoisotopic (exact) mass is 336 g/mol. The molecule has 1 aliphatic heterocycles. The summed E-state index contributed by atoms with van der Waals surface area (Å²) in [6, 6.07) is 5.48. The first-order valence-corrected chi connectivity index (χ1v) is 9.15. The van der Waals surface area contributed by atoms with Crippen molar-refractivity contribution in [3.05, 3.63) is 29.6 Å². The molecule has 1 unspecified atom stereocenters. The Kier molecular flexibility index (Phi) is 5.74.